The second-order valence-corrected chi connectivity index (χ2v) is 16.9. The van der Waals surface area contributed by atoms with Crippen molar-refractivity contribution in [2.75, 3.05) is 40.5 Å². The number of carbonyl (C=O) groups is 2. The SMILES string of the molecule is CCCCC/C=C\C/C=C/CCCCCCCC(=O)OCCCCOc1cc(CN(C)C)cc(OCCCCOC(=O)CCCCCCC/C=C\CCCCCCCC)c1. The van der Waals surface area contributed by atoms with Gasteiger partial charge in [0.1, 0.15) is 11.5 Å². The molecule has 0 aliphatic heterocycles. The predicted octanol–water partition coefficient (Wildman–Crippen LogP) is 15.0. The van der Waals surface area contributed by atoms with Crippen molar-refractivity contribution in [1.82, 2.24) is 4.90 Å². The fraction of sp³-hybridized carbons (Fsp3) is 0.736. The fourth-order valence-electron chi connectivity index (χ4n) is 6.98. The molecule has 7 heteroatoms. The van der Waals surface area contributed by atoms with Crippen molar-refractivity contribution in [3.8, 4) is 11.5 Å². The van der Waals surface area contributed by atoms with Crippen molar-refractivity contribution in [1.29, 1.82) is 0 Å². The van der Waals surface area contributed by atoms with Gasteiger partial charge >= 0.3 is 11.9 Å². The molecule has 0 aliphatic carbocycles. The van der Waals surface area contributed by atoms with E-state index in [0.29, 0.717) is 39.3 Å². The molecule has 1 rings (SSSR count). The number of esters is 2. The third-order valence-corrected chi connectivity index (χ3v) is 10.6. The van der Waals surface area contributed by atoms with Crippen molar-refractivity contribution in [3.63, 3.8) is 0 Å². The average molecular weight is 838 g/mol. The molecule has 0 heterocycles. The minimum Gasteiger partial charge on any atom is -0.493 e. The van der Waals surface area contributed by atoms with Crippen molar-refractivity contribution < 1.29 is 28.5 Å². The summed E-state index contributed by atoms with van der Waals surface area (Å²) >= 11 is 0. The summed E-state index contributed by atoms with van der Waals surface area (Å²) in [5, 5.41) is 0. The quantitative estimate of drug-likeness (QED) is 0.0368. The molecule has 0 unspecified atom stereocenters. The van der Waals surface area contributed by atoms with Crippen LogP contribution >= 0.6 is 0 Å². The maximum absolute atomic E-state index is 12.2. The van der Waals surface area contributed by atoms with E-state index in [0.717, 1.165) is 87.8 Å². The van der Waals surface area contributed by atoms with Gasteiger partial charge in [-0.05, 0) is 128 Å². The molecule has 0 amide bonds. The standard InChI is InChI=1S/C53H91NO6/c1-5-7-9-11-13-15-17-19-21-23-25-27-29-31-33-39-52(55)59-43-37-35-41-57-50-45-49(48-54(3)4)46-51(47-50)58-42-36-38-44-60-53(56)40-34-32-30-28-26-24-22-20-18-16-14-12-10-8-6-2/h13,15,19-22,45-47H,5-12,14,16-18,23-44,48H2,1-4H3/b15-13-,21-19+,22-20-. The topological polar surface area (TPSA) is 74.3 Å². The first-order chi connectivity index (χ1) is 29.4. The summed E-state index contributed by atoms with van der Waals surface area (Å²) in [5.41, 5.74) is 1.12. The molecule has 0 N–H and O–H groups in total. The molecule has 60 heavy (non-hydrogen) atoms. The summed E-state index contributed by atoms with van der Waals surface area (Å²) < 4.78 is 23.1. The molecule has 0 radical (unpaired) electrons. The van der Waals surface area contributed by atoms with Crippen LogP contribution in [0, 0.1) is 0 Å². The number of unbranched alkanes of at least 4 members (excludes halogenated alkanes) is 21. The normalized spacial score (nSPS) is 11.8. The number of hydrogen-bond acceptors (Lipinski definition) is 7. The molecular formula is C53H91NO6. The minimum atomic E-state index is -0.0910. The van der Waals surface area contributed by atoms with E-state index in [4.69, 9.17) is 18.9 Å². The van der Waals surface area contributed by atoms with Gasteiger partial charge in [0.2, 0.25) is 0 Å². The molecule has 0 aliphatic rings. The van der Waals surface area contributed by atoms with E-state index in [-0.39, 0.29) is 11.9 Å². The summed E-state index contributed by atoms with van der Waals surface area (Å²) in [7, 11) is 4.09. The fourth-order valence-corrected chi connectivity index (χ4v) is 6.98. The lowest BCUT2D eigenvalue weighted by Crippen LogP contribution is -2.11. The van der Waals surface area contributed by atoms with Crippen LogP contribution in [0.15, 0.2) is 54.7 Å². The van der Waals surface area contributed by atoms with Gasteiger partial charge in [-0.25, -0.2) is 0 Å². The number of ether oxygens (including phenoxy) is 4. The molecule has 0 fully saturated rings. The van der Waals surface area contributed by atoms with Crippen LogP contribution in [0.5, 0.6) is 11.5 Å². The van der Waals surface area contributed by atoms with E-state index in [1.807, 2.05) is 20.2 Å². The van der Waals surface area contributed by atoms with Gasteiger partial charge in [0, 0.05) is 25.5 Å². The lowest BCUT2D eigenvalue weighted by atomic mass is 10.1. The molecule has 0 bridgehead atoms. The lowest BCUT2D eigenvalue weighted by molar-refractivity contribution is -0.144. The van der Waals surface area contributed by atoms with Gasteiger partial charge < -0.3 is 23.8 Å². The van der Waals surface area contributed by atoms with Gasteiger partial charge in [-0.1, -0.05) is 134 Å². The number of hydrogen-bond donors (Lipinski definition) is 0. The highest BCUT2D eigenvalue weighted by Gasteiger charge is 2.07. The first-order valence-corrected chi connectivity index (χ1v) is 24.7. The van der Waals surface area contributed by atoms with E-state index < -0.39 is 0 Å². The van der Waals surface area contributed by atoms with Crippen LogP contribution in [0.1, 0.15) is 212 Å². The zero-order chi connectivity index (χ0) is 43.4. The maximum Gasteiger partial charge on any atom is 0.305 e. The zero-order valence-corrected chi connectivity index (χ0v) is 39.3. The van der Waals surface area contributed by atoms with Gasteiger partial charge in [-0.15, -0.1) is 0 Å². The highest BCUT2D eigenvalue weighted by atomic mass is 16.5. The minimum absolute atomic E-state index is 0.0858. The Morgan fingerprint density at radius 1 is 0.450 bits per heavy atom. The van der Waals surface area contributed by atoms with E-state index in [9.17, 15) is 9.59 Å². The Bertz CT molecular complexity index is 1220. The van der Waals surface area contributed by atoms with Crippen molar-refractivity contribution in [2.24, 2.45) is 0 Å². The molecule has 0 aromatic heterocycles. The predicted molar refractivity (Wildman–Crippen MR) is 254 cm³/mol. The molecule has 344 valence electrons. The smallest absolute Gasteiger partial charge is 0.305 e. The van der Waals surface area contributed by atoms with Crippen LogP contribution in [-0.4, -0.2) is 57.4 Å². The number of rotatable bonds is 43. The van der Waals surface area contributed by atoms with Crippen LogP contribution in [0.4, 0.5) is 0 Å². The van der Waals surface area contributed by atoms with Crippen LogP contribution < -0.4 is 9.47 Å². The Morgan fingerprint density at radius 2 is 0.817 bits per heavy atom. The Hall–Kier alpha value is -3.06. The van der Waals surface area contributed by atoms with Crippen LogP contribution in [-0.2, 0) is 25.6 Å². The van der Waals surface area contributed by atoms with Crippen molar-refractivity contribution in [3.05, 3.63) is 60.2 Å². The largest absolute Gasteiger partial charge is 0.493 e. The Labute approximate surface area is 369 Å². The summed E-state index contributed by atoms with van der Waals surface area (Å²) in [6.07, 6.45) is 47.2. The summed E-state index contributed by atoms with van der Waals surface area (Å²) in [4.78, 5) is 26.5. The lowest BCUT2D eigenvalue weighted by Gasteiger charge is -2.15. The second kappa shape index (κ2) is 42.6. The number of nitrogens with zero attached hydrogens (tertiary/aromatic N) is 1. The molecule has 1 aromatic carbocycles. The first kappa shape index (κ1) is 55.0. The van der Waals surface area contributed by atoms with E-state index in [2.05, 4.69) is 67.3 Å². The molecule has 0 spiro atoms. The molecule has 0 saturated heterocycles. The van der Waals surface area contributed by atoms with Gasteiger partial charge in [0.15, 0.2) is 0 Å². The number of benzene rings is 1. The Morgan fingerprint density at radius 3 is 1.27 bits per heavy atom. The van der Waals surface area contributed by atoms with Gasteiger partial charge in [0.05, 0.1) is 26.4 Å². The molecule has 1 aromatic rings. The molecule has 7 nitrogen and oxygen atoms in total. The van der Waals surface area contributed by atoms with E-state index in [1.54, 1.807) is 0 Å². The summed E-state index contributed by atoms with van der Waals surface area (Å²) in [6, 6.07) is 6.07. The number of allylic oxidation sites excluding steroid dienone is 6. The highest BCUT2D eigenvalue weighted by molar-refractivity contribution is 5.69. The van der Waals surface area contributed by atoms with Crippen molar-refractivity contribution >= 4 is 11.9 Å². The van der Waals surface area contributed by atoms with E-state index >= 15 is 0 Å². The molecular weight excluding hydrogens is 747 g/mol. The first-order valence-electron chi connectivity index (χ1n) is 24.7. The third kappa shape index (κ3) is 37.9. The average Bonchev–Trinajstić information content (AvgIpc) is 3.23. The van der Waals surface area contributed by atoms with Gasteiger partial charge in [0.25, 0.3) is 0 Å². The zero-order valence-electron chi connectivity index (χ0n) is 39.3. The van der Waals surface area contributed by atoms with Crippen molar-refractivity contribution in [2.45, 2.75) is 213 Å². The number of carbonyl (C=O) groups excluding carboxylic acids is 2. The summed E-state index contributed by atoms with van der Waals surface area (Å²) in [6.45, 7) is 7.27. The molecule has 0 saturated carbocycles. The van der Waals surface area contributed by atoms with Crippen LogP contribution in [0.3, 0.4) is 0 Å². The van der Waals surface area contributed by atoms with Crippen LogP contribution in [0.25, 0.3) is 0 Å². The molecule has 0 atom stereocenters. The van der Waals surface area contributed by atoms with Crippen LogP contribution in [0.2, 0.25) is 0 Å². The van der Waals surface area contributed by atoms with E-state index in [1.165, 1.54) is 116 Å². The highest BCUT2D eigenvalue weighted by Crippen LogP contribution is 2.24. The Balaban J connectivity index is 2.09. The second-order valence-electron chi connectivity index (χ2n) is 16.9. The van der Waals surface area contributed by atoms with Gasteiger partial charge in [-0.2, -0.15) is 0 Å². The third-order valence-electron chi connectivity index (χ3n) is 10.6. The Kier molecular flexibility index (Phi) is 39.0. The monoisotopic (exact) mass is 838 g/mol. The van der Waals surface area contributed by atoms with Gasteiger partial charge in [-0.3, -0.25) is 9.59 Å². The maximum atomic E-state index is 12.2. The summed E-state index contributed by atoms with van der Waals surface area (Å²) in [5.74, 6) is 1.39.